The lowest BCUT2D eigenvalue weighted by molar-refractivity contribution is -0.385. The zero-order chi connectivity index (χ0) is 14.4. The van der Waals surface area contributed by atoms with E-state index in [1.165, 1.54) is 0 Å². The fourth-order valence-electron chi connectivity index (χ4n) is 1.57. The van der Waals surface area contributed by atoms with Gasteiger partial charge in [0, 0.05) is 6.04 Å². The van der Waals surface area contributed by atoms with Crippen molar-refractivity contribution in [3.8, 4) is 5.75 Å². The van der Waals surface area contributed by atoms with Gasteiger partial charge in [-0.15, -0.1) is 0 Å². The van der Waals surface area contributed by atoms with E-state index in [9.17, 15) is 10.1 Å². The van der Waals surface area contributed by atoms with Crippen molar-refractivity contribution in [3.05, 3.63) is 28.3 Å². The standard InChI is InChI=1S/C14H22N2O3/c1-5-9-19-13-8-6-7-12(14(13)16(17)18)15-11(4)10(2)3/h6-8,10-11,15H,5,9H2,1-4H3. The molecule has 5 nitrogen and oxygen atoms in total. The van der Waals surface area contributed by atoms with Gasteiger partial charge in [0.25, 0.3) is 0 Å². The molecule has 0 radical (unpaired) electrons. The quantitative estimate of drug-likeness (QED) is 0.601. The molecule has 0 spiro atoms. The SMILES string of the molecule is CCCOc1cccc(NC(C)C(C)C)c1[N+](=O)[O-]. The van der Waals surface area contributed by atoms with Gasteiger partial charge in [-0.1, -0.05) is 26.8 Å². The van der Waals surface area contributed by atoms with Crippen LogP contribution in [0.2, 0.25) is 0 Å². The van der Waals surface area contributed by atoms with Crippen LogP contribution in [0.3, 0.4) is 0 Å². The van der Waals surface area contributed by atoms with Crippen molar-refractivity contribution in [2.24, 2.45) is 5.92 Å². The summed E-state index contributed by atoms with van der Waals surface area (Å²) in [4.78, 5) is 10.9. The van der Waals surface area contributed by atoms with Gasteiger partial charge in [-0.25, -0.2) is 0 Å². The van der Waals surface area contributed by atoms with Crippen molar-refractivity contribution in [2.75, 3.05) is 11.9 Å². The van der Waals surface area contributed by atoms with Crippen LogP contribution >= 0.6 is 0 Å². The molecule has 0 saturated carbocycles. The molecule has 0 bridgehead atoms. The first-order chi connectivity index (χ1) is 8.97. The van der Waals surface area contributed by atoms with Gasteiger partial charge in [0.15, 0.2) is 5.75 Å². The first kappa shape index (κ1) is 15.3. The van der Waals surface area contributed by atoms with Crippen LogP contribution in [0.4, 0.5) is 11.4 Å². The monoisotopic (exact) mass is 266 g/mol. The number of hydrogen-bond acceptors (Lipinski definition) is 4. The molecule has 0 saturated heterocycles. The molecule has 0 amide bonds. The smallest absolute Gasteiger partial charge is 0.333 e. The van der Waals surface area contributed by atoms with Crippen molar-refractivity contribution in [1.82, 2.24) is 0 Å². The van der Waals surface area contributed by atoms with Crippen LogP contribution in [0.25, 0.3) is 0 Å². The van der Waals surface area contributed by atoms with Crippen molar-refractivity contribution < 1.29 is 9.66 Å². The highest BCUT2D eigenvalue weighted by Crippen LogP contribution is 2.35. The Kier molecular flexibility index (Phi) is 5.60. The Morgan fingerprint density at radius 3 is 2.58 bits per heavy atom. The van der Waals surface area contributed by atoms with E-state index in [1.54, 1.807) is 18.2 Å². The number of ether oxygens (including phenoxy) is 1. The second-order valence-corrected chi connectivity index (χ2v) is 4.93. The van der Waals surface area contributed by atoms with Gasteiger partial charge in [-0.2, -0.15) is 0 Å². The zero-order valence-electron chi connectivity index (χ0n) is 12.0. The molecule has 0 fully saturated rings. The average Bonchev–Trinajstić information content (AvgIpc) is 2.35. The summed E-state index contributed by atoms with van der Waals surface area (Å²) in [5.41, 5.74) is 0.531. The van der Waals surface area contributed by atoms with Crippen molar-refractivity contribution >= 4 is 11.4 Å². The van der Waals surface area contributed by atoms with Gasteiger partial charge < -0.3 is 10.1 Å². The summed E-state index contributed by atoms with van der Waals surface area (Å²) >= 11 is 0. The maximum Gasteiger partial charge on any atom is 0.333 e. The number of nitro benzene ring substituents is 1. The molecule has 0 aliphatic heterocycles. The molecule has 1 unspecified atom stereocenters. The van der Waals surface area contributed by atoms with E-state index in [2.05, 4.69) is 19.2 Å². The van der Waals surface area contributed by atoms with E-state index in [4.69, 9.17) is 4.74 Å². The minimum absolute atomic E-state index is 0.0171. The lowest BCUT2D eigenvalue weighted by Crippen LogP contribution is -2.22. The summed E-state index contributed by atoms with van der Waals surface area (Å²) in [6.45, 7) is 8.59. The fourth-order valence-corrected chi connectivity index (χ4v) is 1.57. The number of nitrogens with one attached hydrogen (secondary N) is 1. The minimum Gasteiger partial charge on any atom is -0.487 e. The van der Waals surface area contributed by atoms with E-state index in [0.29, 0.717) is 24.0 Å². The third kappa shape index (κ3) is 4.12. The zero-order valence-corrected chi connectivity index (χ0v) is 12.0. The molecule has 106 valence electrons. The van der Waals surface area contributed by atoms with Gasteiger partial charge in [0.05, 0.1) is 11.5 Å². The number of benzene rings is 1. The molecule has 19 heavy (non-hydrogen) atoms. The number of nitro groups is 1. The number of para-hydroxylation sites is 1. The normalized spacial score (nSPS) is 12.3. The van der Waals surface area contributed by atoms with E-state index in [0.717, 1.165) is 6.42 Å². The predicted octanol–water partition coefficient (Wildman–Crippen LogP) is 3.84. The molecule has 1 atom stereocenters. The molecular weight excluding hydrogens is 244 g/mol. The van der Waals surface area contributed by atoms with Crippen LogP contribution in [0.1, 0.15) is 34.1 Å². The summed E-state index contributed by atoms with van der Waals surface area (Å²) in [6, 6.07) is 5.28. The highest BCUT2D eigenvalue weighted by atomic mass is 16.6. The van der Waals surface area contributed by atoms with Crippen molar-refractivity contribution in [3.63, 3.8) is 0 Å². The third-order valence-corrected chi connectivity index (χ3v) is 3.03. The molecule has 0 aromatic heterocycles. The molecule has 5 heteroatoms. The Morgan fingerprint density at radius 2 is 2.05 bits per heavy atom. The summed E-state index contributed by atoms with van der Waals surface area (Å²) in [7, 11) is 0. The van der Waals surface area contributed by atoms with Crippen LogP contribution in [0, 0.1) is 16.0 Å². The second-order valence-electron chi connectivity index (χ2n) is 4.93. The number of anilines is 1. The number of hydrogen-bond donors (Lipinski definition) is 1. The molecule has 1 aromatic rings. The van der Waals surface area contributed by atoms with Crippen LogP contribution < -0.4 is 10.1 Å². The van der Waals surface area contributed by atoms with Crippen LogP contribution in [-0.4, -0.2) is 17.6 Å². The molecule has 1 aromatic carbocycles. The third-order valence-electron chi connectivity index (χ3n) is 3.03. The van der Waals surface area contributed by atoms with Crippen molar-refractivity contribution in [1.29, 1.82) is 0 Å². The van der Waals surface area contributed by atoms with E-state index >= 15 is 0 Å². The molecule has 0 aliphatic carbocycles. The highest BCUT2D eigenvalue weighted by molar-refractivity contribution is 5.68. The average molecular weight is 266 g/mol. The van der Waals surface area contributed by atoms with E-state index in [-0.39, 0.29) is 16.7 Å². The first-order valence-electron chi connectivity index (χ1n) is 6.64. The van der Waals surface area contributed by atoms with Gasteiger partial charge in [-0.3, -0.25) is 10.1 Å². The Balaban J connectivity index is 3.06. The Morgan fingerprint density at radius 1 is 1.37 bits per heavy atom. The van der Waals surface area contributed by atoms with Crippen LogP contribution in [0.5, 0.6) is 5.75 Å². The van der Waals surface area contributed by atoms with Crippen LogP contribution in [-0.2, 0) is 0 Å². The fraction of sp³-hybridized carbons (Fsp3) is 0.571. The van der Waals surface area contributed by atoms with Gasteiger partial charge >= 0.3 is 5.69 Å². The predicted molar refractivity (Wildman–Crippen MR) is 76.8 cm³/mol. The largest absolute Gasteiger partial charge is 0.487 e. The minimum atomic E-state index is -0.389. The number of nitrogens with zero attached hydrogens (tertiary/aromatic N) is 1. The van der Waals surface area contributed by atoms with Gasteiger partial charge in [0.2, 0.25) is 0 Å². The maximum atomic E-state index is 11.2. The summed E-state index contributed by atoms with van der Waals surface area (Å²) in [6.07, 6.45) is 0.817. The Bertz CT molecular complexity index is 433. The lowest BCUT2D eigenvalue weighted by atomic mass is 10.1. The second kappa shape index (κ2) is 6.97. The molecule has 1 rings (SSSR count). The van der Waals surface area contributed by atoms with Gasteiger partial charge in [-0.05, 0) is 31.4 Å². The van der Waals surface area contributed by atoms with E-state index < -0.39 is 0 Å². The Labute approximate surface area is 114 Å². The van der Waals surface area contributed by atoms with Crippen LogP contribution in [0.15, 0.2) is 18.2 Å². The molecule has 0 aliphatic rings. The molecule has 1 N–H and O–H groups in total. The Hall–Kier alpha value is -1.78. The summed E-state index contributed by atoms with van der Waals surface area (Å²) in [5.74, 6) is 0.715. The maximum absolute atomic E-state index is 11.2. The highest BCUT2D eigenvalue weighted by Gasteiger charge is 2.22. The topological polar surface area (TPSA) is 64.4 Å². The number of rotatable bonds is 7. The van der Waals surface area contributed by atoms with E-state index in [1.807, 2.05) is 13.8 Å². The lowest BCUT2D eigenvalue weighted by Gasteiger charge is -2.19. The summed E-state index contributed by atoms with van der Waals surface area (Å²) < 4.78 is 5.45. The molecule has 0 heterocycles. The van der Waals surface area contributed by atoms with Crippen molar-refractivity contribution in [2.45, 2.75) is 40.2 Å². The summed E-state index contributed by atoms with van der Waals surface area (Å²) in [5, 5.41) is 14.4. The first-order valence-corrected chi connectivity index (χ1v) is 6.64. The van der Waals surface area contributed by atoms with Gasteiger partial charge in [0.1, 0.15) is 5.69 Å². The molecular formula is C14H22N2O3.